The predicted molar refractivity (Wildman–Crippen MR) is 126 cm³/mol. The average Bonchev–Trinajstić information content (AvgIpc) is 2.79. The van der Waals surface area contributed by atoms with Crippen molar-refractivity contribution >= 4 is 0 Å². The van der Waals surface area contributed by atoms with Crippen LogP contribution in [0.3, 0.4) is 0 Å². The van der Waals surface area contributed by atoms with Crippen LogP contribution in [-0.4, -0.2) is 0 Å². The minimum absolute atomic E-state index is 0.789. The van der Waals surface area contributed by atoms with Gasteiger partial charge in [-0.05, 0) is 97.8 Å². The molecule has 154 valence electrons. The number of allylic oxidation sites excluding steroid dienone is 2. The Bertz CT molecular complexity index is 780. The van der Waals surface area contributed by atoms with Crippen LogP contribution in [-0.2, 0) is 6.42 Å². The second-order valence-electron chi connectivity index (χ2n) is 9.54. The monoisotopic (exact) mass is 386 g/mol. The lowest BCUT2D eigenvalue weighted by Crippen LogP contribution is -2.30. The summed E-state index contributed by atoms with van der Waals surface area (Å²) in [6.45, 7) is 4.48. The third kappa shape index (κ3) is 5.03. The van der Waals surface area contributed by atoms with E-state index in [1.165, 1.54) is 61.6 Å². The Morgan fingerprint density at radius 3 is 2.14 bits per heavy atom. The van der Waals surface area contributed by atoms with Gasteiger partial charge in [-0.1, -0.05) is 80.4 Å². The van der Waals surface area contributed by atoms with E-state index < -0.39 is 0 Å². The summed E-state index contributed by atoms with van der Waals surface area (Å²) in [5.41, 5.74) is 5.70. The molecular formula is C29H38. The summed E-state index contributed by atoms with van der Waals surface area (Å²) in [7, 11) is 0. The van der Waals surface area contributed by atoms with Crippen molar-refractivity contribution in [2.75, 3.05) is 0 Å². The fourth-order valence-electron chi connectivity index (χ4n) is 5.89. The second kappa shape index (κ2) is 9.79. The highest BCUT2D eigenvalue weighted by Gasteiger charge is 2.35. The summed E-state index contributed by atoms with van der Waals surface area (Å²) < 4.78 is 0. The SMILES string of the molecule is C/C=C/CCc1ccc(-c2ccc([C@@H]3CC[C@@H]4CC(CC)CC[C@@H]4C3)cc2)cc1. The van der Waals surface area contributed by atoms with Gasteiger partial charge in [-0.25, -0.2) is 0 Å². The van der Waals surface area contributed by atoms with E-state index in [1.54, 1.807) is 5.56 Å². The second-order valence-corrected chi connectivity index (χ2v) is 9.54. The van der Waals surface area contributed by atoms with E-state index in [-0.39, 0.29) is 0 Å². The summed E-state index contributed by atoms with van der Waals surface area (Å²) >= 11 is 0. The lowest BCUT2D eigenvalue weighted by Gasteiger charge is -2.42. The van der Waals surface area contributed by atoms with Crippen molar-refractivity contribution in [2.45, 2.75) is 77.6 Å². The lowest BCUT2D eigenvalue weighted by molar-refractivity contribution is 0.116. The van der Waals surface area contributed by atoms with Gasteiger partial charge in [0.2, 0.25) is 0 Å². The molecule has 0 saturated heterocycles. The van der Waals surface area contributed by atoms with Crippen LogP contribution >= 0.6 is 0 Å². The predicted octanol–water partition coefficient (Wildman–Crippen LogP) is 8.57. The molecule has 0 nitrogen and oxygen atoms in total. The molecule has 2 aliphatic rings. The van der Waals surface area contributed by atoms with Gasteiger partial charge in [0.05, 0.1) is 0 Å². The maximum absolute atomic E-state index is 2.41. The first-order valence-corrected chi connectivity index (χ1v) is 12.1. The molecule has 0 N–H and O–H groups in total. The third-order valence-corrected chi connectivity index (χ3v) is 7.80. The first kappa shape index (κ1) is 20.5. The summed E-state index contributed by atoms with van der Waals surface area (Å²) in [6, 6.07) is 18.7. The van der Waals surface area contributed by atoms with Crippen LogP contribution in [0.2, 0.25) is 0 Å². The van der Waals surface area contributed by atoms with Gasteiger partial charge >= 0.3 is 0 Å². The molecule has 0 aliphatic heterocycles. The number of rotatable bonds is 6. The molecule has 1 unspecified atom stereocenters. The molecule has 2 aromatic carbocycles. The Labute approximate surface area is 178 Å². The van der Waals surface area contributed by atoms with E-state index in [0.717, 1.165) is 36.5 Å². The van der Waals surface area contributed by atoms with Crippen molar-refractivity contribution in [3.05, 3.63) is 71.8 Å². The van der Waals surface area contributed by atoms with Crippen LogP contribution < -0.4 is 0 Å². The molecule has 2 saturated carbocycles. The highest BCUT2D eigenvalue weighted by atomic mass is 14.4. The van der Waals surface area contributed by atoms with Crippen molar-refractivity contribution in [1.82, 2.24) is 0 Å². The Kier molecular flexibility index (Phi) is 6.90. The third-order valence-electron chi connectivity index (χ3n) is 7.80. The summed E-state index contributed by atoms with van der Waals surface area (Å²) in [6.07, 6.45) is 16.8. The molecule has 29 heavy (non-hydrogen) atoms. The molecule has 0 radical (unpaired) electrons. The molecule has 2 aliphatic carbocycles. The fraction of sp³-hybridized carbons (Fsp3) is 0.517. The molecule has 4 atom stereocenters. The van der Waals surface area contributed by atoms with Gasteiger partial charge in [-0.3, -0.25) is 0 Å². The van der Waals surface area contributed by atoms with Gasteiger partial charge in [-0.15, -0.1) is 0 Å². The van der Waals surface area contributed by atoms with Crippen LogP contribution in [0, 0.1) is 17.8 Å². The van der Waals surface area contributed by atoms with Crippen molar-refractivity contribution in [3.63, 3.8) is 0 Å². The van der Waals surface area contributed by atoms with E-state index in [2.05, 4.69) is 74.5 Å². The van der Waals surface area contributed by atoms with Crippen molar-refractivity contribution in [1.29, 1.82) is 0 Å². The summed E-state index contributed by atoms with van der Waals surface area (Å²) in [4.78, 5) is 0. The van der Waals surface area contributed by atoms with E-state index in [0.29, 0.717) is 0 Å². The van der Waals surface area contributed by atoms with Crippen molar-refractivity contribution in [2.24, 2.45) is 17.8 Å². The Balaban J connectivity index is 1.37. The molecule has 0 amide bonds. The van der Waals surface area contributed by atoms with Gasteiger partial charge in [0, 0.05) is 0 Å². The number of aryl methyl sites for hydroxylation is 1. The standard InChI is InChI=1S/C29H38/c1-3-5-6-7-23-9-11-24(12-10-23)25-14-16-26(17-15-25)28-19-18-27-20-22(4-2)8-13-29(27)21-28/h3,5,9-12,14-17,22,27-29H,4,6-8,13,18-21H2,1-2H3/b5-3+/t22?,27-,28-,29-/m1/s1. The summed E-state index contributed by atoms with van der Waals surface area (Å²) in [5.74, 6) is 3.82. The zero-order chi connectivity index (χ0) is 20.1. The van der Waals surface area contributed by atoms with Gasteiger partial charge in [-0.2, -0.15) is 0 Å². The molecular weight excluding hydrogens is 348 g/mol. The van der Waals surface area contributed by atoms with Gasteiger partial charge in [0.15, 0.2) is 0 Å². The Morgan fingerprint density at radius 2 is 1.45 bits per heavy atom. The molecule has 0 aromatic heterocycles. The normalized spacial score (nSPS) is 27.1. The topological polar surface area (TPSA) is 0 Å². The highest BCUT2D eigenvalue weighted by Crippen LogP contribution is 2.48. The van der Waals surface area contributed by atoms with Crippen LogP contribution in [0.5, 0.6) is 0 Å². The molecule has 0 heterocycles. The zero-order valence-corrected chi connectivity index (χ0v) is 18.4. The van der Waals surface area contributed by atoms with E-state index in [9.17, 15) is 0 Å². The molecule has 0 spiro atoms. The summed E-state index contributed by atoms with van der Waals surface area (Å²) in [5, 5.41) is 0. The highest BCUT2D eigenvalue weighted by molar-refractivity contribution is 5.64. The van der Waals surface area contributed by atoms with Crippen LogP contribution in [0.25, 0.3) is 11.1 Å². The van der Waals surface area contributed by atoms with E-state index >= 15 is 0 Å². The first-order chi connectivity index (χ1) is 14.3. The smallest absolute Gasteiger partial charge is 0.0159 e. The lowest BCUT2D eigenvalue weighted by atomic mass is 9.63. The molecule has 2 aromatic rings. The van der Waals surface area contributed by atoms with Gasteiger partial charge < -0.3 is 0 Å². The van der Waals surface area contributed by atoms with E-state index in [1.807, 2.05) is 0 Å². The molecule has 0 heteroatoms. The quantitative estimate of drug-likeness (QED) is 0.436. The first-order valence-electron chi connectivity index (χ1n) is 12.1. The van der Waals surface area contributed by atoms with Gasteiger partial charge in [0.1, 0.15) is 0 Å². The maximum Gasteiger partial charge on any atom is -0.0159 e. The number of hydrogen-bond acceptors (Lipinski definition) is 0. The fourth-order valence-corrected chi connectivity index (χ4v) is 5.89. The van der Waals surface area contributed by atoms with Crippen molar-refractivity contribution in [3.8, 4) is 11.1 Å². The van der Waals surface area contributed by atoms with E-state index in [4.69, 9.17) is 0 Å². The largest absolute Gasteiger partial charge is 0.0917 e. The van der Waals surface area contributed by atoms with Gasteiger partial charge in [0.25, 0.3) is 0 Å². The molecule has 2 fully saturated rings. The average molecular weight is 387 g/mol. The molecule has 4 rings (SSSR count). The molecule has 0 bridgehead atoms. The van der Waals surface area contributed by atoms with Crippen LogP contribution in [0.1, 0.15) is 82.3 Å². The van der Waals surface area contributed by atoms with Crippen LogP contribution in [0.4, 0.5) is 0 Å². The Hall–Kier alpha value is -1.82. The number of hydrogen-bond donors (Lipinski definition) is 0. The maximum atomic E-state index is 2.41. The minimum Gasteiger partial charge on any atom is -0.0917 e. The zero-order valence-electron chi connectivity index (χ0n) is 18.4. The number of benzene rings is 2. The number of fused-ring (bicyclic) bond motifs is 1. The van der Waals surface area contributed by atoms with Crippen molar-refractivity contribution < 1.29 is 0 Å². The minimum atomic E-state index is 0.789. The Morgan fingerprint density at radius 1 is 0.793 bits per heavy atom. The van der Waals surface area contributed by atoms with Crippen LogP contribution in [0.15, 0.2) is 60.7 Å².